The van der Waals surface area contributed by atoms with Gasteiger partial charge in [-0.25, -0.2) is 4.79 Å². The Morgan fingerprint density at radius 3 is 1.79 bits per heavy atom. The second-order valence-corrected chi connectivity index (χ2v) is 8.63. The third kappa shape index (κ3) is 8.26. The van der Waals surface area contributed by atoms with Crippen LogP contribution in [-0.2, 0) is 26.7 Å². The summed E-state index contributed by atoms with van der Waals surface area (Å²) in [5.74, 6) is -2.68. The van der Waals surface area contributed by atoms with Crippen LogP contribution >= 0.6 is 11.8 Å². The summed E-state index contributed by atoms with van der Waals surface area (Å²) in [7, 11) is 0. The van der Waals surface area contributed by atoms with E-state index in [9.17, 15) is 40.7 Å². The number of carbonyl (C=O) groups is 3. The highest BCUT2D eigenvalue weighted by molar-refractivity contribution is 8.00. The molecule has 3 aromatic carbocycles. The number of nitrogens with one attached hydrogen (secondary N) is 2. The number of ether oxygens (including phenoxy) is 1. The molecule has 2 N–H and O–H groups in total. The largest absolute Gasteiger partial charge is 0.452 e. The van der Waals surface area contributed by atoms with Gasteiger partial charge in [0, 0.05) is 16.3 Å². The summed E-state index contributed by atoms with van der Waals surface area (Å²) < 4.78 is 81.9. The maximum atomic E-state index is 12.8. The van der Waals surface area contributed by atoms with Crippen molar-refractivity contribution in [3.05, 3.63) is 89.5 Å². The summed E-state index contributed by atoms with van der Waals surface area (Å²) >= 11 is 0.911. The highest BCUT2D eigenvalue weighted by Crippen LogP contribution is 2.32. The number of rotatable bonds is 8. The summed E-state index contributed by atoms with van der Waals surface area (Å²) in [5.41, 5.74) is -2.06. The molecule has 6 nitrogen and oxygen atoms in total. The van der Waals surface area contributed by atoms with E-state index in [4.69, 9.17) is 4.74 Å². The molecule has 0 aliphatic heterocycles. The molecular formula is C25H18F6N2O4S. The van der Waals surface area contributed by atoms with Crippen LogP contribution in [0, 0.1) is 0 Å². The number of anilines is 2. The Labute approximate surface area is 216 Å². The molecule has 38 heavy (non-hydrogen) atoms. The number of thioether (sulfide) groups is 1. The molecule has 0 aliphatic carbocycles. The first-order chi connectivity index (χ1) is 17.8. The molecule has 13 heteroatoms. The number of carbonyl (C=O) groups excluding carboxylic acids is 3. The van der Waals surface area contributed by atoms with Crippen LogP contribution in [0.1, 0.15) is 21.5 Å². The highest BCUT2D eigenvalue weighted by Gasteiger charge is 2.31. The molecule has 0 aliphatic rings. The molecule has 3 rings (SSSR count). The minimum atomic E-state index is -4.60. The zero-order valence-electron chi connectivity index (χ0n) is 19.2. The Morgan fingerprint density at radius 1 is 0.711 bits per heavy atom. The van der Waals surface area contributed by atoms with E-state index in [-0.39, 0.29) is 22.7 Å². The molecule has 200 valence electrons. The molecule has 0 aromatic heterocycles. The van der Waals surface area contributed by atoms with Crippen LogP contribution in [0.2, 0.25) is 0 Å². The van der Waals surface area contributed by atoms with Crippen LogP contribution in [0.15, 0.2) is 77.7 Å². The van der Waals surface area contributed by atoms with Crippen molar-refractivity contribution in [2.75, 3.05) is 23.0 Å². The Morgan fingerprint density at radius 2 is 1.24 bits per heavy atom. The van der Waals surface area contributed by atoms with Gasteiger partial charge in [0.05, 0.1) is 22.4 Å². The normalized spacial score (nSPS) is 11.5. The highest BCUT2D eigenvalue weighted by atomic mass is 32.2. The second-order valence-electron chi connectivity index (χ2n) is 7.61. The number of esters is 1. The van der Waals surface area contributed by atoms with E-state index >= 15 is 0 Å². The lowest BCUT2D eigenvalue weighted by Gasteiger charge is -2.12. The average Bonchev–Trinajstić information content (AvgIpc) is 2.85. The van der Waals surface area contributed by atoms with Crippen LogP contribution in [0.3, 0.4) is 0 Å². The molecule has 2 amide bonds. The quantitative estimate of drug-likeness (QED) is 0.195. The van der Waals surface area contributed by atoms with Gasteiger partial charge in [0.15, 0.2) is 6.61 Å². The first-order valence-corrected chi connectivity index (χ1v) is 11.6. The van der Waals surface area contributed by atoms with Crippen LogP contribution in [0.25, 0.3) is 0 Å². The van der Waals surface area contributed by atoms with Crippen molar-refractivity contribution < 1.29 is 45.5 Å². The molecule has 0 bridgehead atoms. The molecule has 0 spiro atoms. The summed E-state index contributed by atoms with van der Waals surface area (Å²) in [4.78, 5) is 37.1. The van der Waals surface area contributed by atoms with Crippen molar-refractivity contribution in [3.8, 4) is 0 Å². The molecule has 0 fully saturated rings. The van der Waals surface area contributed by atoms with Crippen molar-refractivity contribution in [1.82, 2.24) is 0 Å². The fraction of sp³-hybridized carbons (Fsp3) is 0.160. The second kappa shape index (κ2) is 12.0. The van der Waals surface area contributed by atoms with Gasteiger partial charge in [-0.3, -0.25) is 9.59 Å². The predicted molar refractivity (Wildman–Crippen MR) is 128 cm³/mol. The molecule has 0 atom stereocenters. The van der Waals surface area contributed by atoms with E-state index in [1.165, 1.54) is 30.3 Å². The molecule has 0 saturated heterocycles. The van der Waals surface area contributed by atoms with Crippen molar-refractivity contribution in [2.24, 2.45) is 0 Å². The van der Waals surface area contributed by atoms with E-state index in [1.807, 2.05) is 0 Å². The fourth-order valence-corrected chi connectivity index (χ4v) is 3.89. The number of hydrogen-bond donors (Lipinski definition) is 2. The summed E-state index contributed by atoms with van der Waals surface area (Å²) in [6.07, 6.45) is -9.17. The molecular weight excluding hydrogens is 538 g/mol. The summed E-state index contributed by atoms with van der Waals surface area (Å²) in [6, 6.07) is 14.0. The van der Waals surface area contributed by atoms with Gasteiger partial charge in [-0.15, -0.1) is 11.8 Å². The van der Waals surface area contributed by atoms with Gasteiger partial charge in [-0.1, -0.05) is 24.3 Å². The molecule has 0 saturated carbocycles. The Bertz CT molecular complexity index is 1330. The molecule has 0 unspecified atom stereocenters. The standard InChI is InChI=1S/C25H18F6N2O4S/c26-24(27,28)15-5-3-7-17(11-15)32-21(34)13-37-23(36)19-9-1-2-10-20(19)38-14-22(35)33-18-8-4-6-16(12-18)25(29,30)31/h1-12H,13-14H2,(H,32,34)(H,33,35). The predicted octanol–water partition coefficient (Wildman–Crippen LogP) is 6.25. The zero-order chi connectivity index (χ0) is 27.9. The Hall–Kier alpha value is -4.00. The van der Waals surface area contributed by atoms with Gasteiger partial charge in [-0.2, -0.15) is 26.3 Å². The molecule has 0 radical (unpaired) electrons. The van der Waals surface area contributed by atoms with Crippen LogP contribution in [0.4, 0.5) is 37.7 Å². The Kier molecular flexibility index (Phi) is 9.04. The monoisotopic (exact) mass is 556 g/mol. The minimum absolute atomic E-state index is 0.0104. The Balaban J connectivity index is 1.55. The number of amides is 2. The summed E-state index contributed by atoms with van der Waals surface area (Å²) in [5, 5.41) is 4.56. The van der Waals surface area contributed by atoms with Crippen molar-refractivity contribution in [3.63, 3.8) is 0 Å². The zero-order valence-corrected chi connectivity index (χ0v) is 20.0. The van der Waals surface area contributed by atoms with Crippen LogP contribution in [-0.4, -0.2) is 30.1 Å². The van der Waals surface area contributed by atoms with Crippen molar-refractivity contribution >= 4 is 40.9 Å². The number of hydrogen-bond acceptors (Lipinski definition) is 5. The van der Waals surface area contributed by atoms with E-state index in [2.05, 4.69) is 10.6 Å². The third-order valence-corrected chi connectivity index (χ3v) is 5.82. The van der Waals surface area contributed by atoms with E-state index in [0.717, 1.165) is 48.2 Å². The van der Waals surface area contributed by atoms with Gasteiger partial charge >= 0.3 is 18.3 Å². The number of alkyl halides is 6. The summed E-state index contributed by atoms with van der Waals surface area (Å²) in [6.45, 7) is -0.788. The van der Waals surface area contributed by atoms with E-state index in [1.54, 1.807) is 6.07 Å². The van der Waals surface area contributed by atoms with Crippen molar-refractivity contribution in [2.45, 2.75) is 17.2 Å². The topological polar surface area (TPSA) is 84.5 Å². The van der Waals surface area contributed by atoms with Gasteiger partial charge in [0.1, 0.15) is 0 Å². The van der Waals surface area contributed by atoms with Crippen molar-refractivity contribution in [1.29, 1.82) is 0 Å². The SMILES string of the molecule is O=C(COC(=O)c1ccccc1SCC(=O)Nc1cccc(C(F)(F)F)c1)Nc1cccc(C(F)(F)F)c1. The first kappa shape index (κ1) is 28.6. The lowest BCUT2D eigenvalue weighted by atomic mass is 10.2. The molecule has 3 aromatic rings. The smallest absolute Gasteiger partial charge is 0.416 e. The molecule has 0 heterocycles. The maximum absolute atomic E-state index is 12.8. The fourth-order valence-electron chi connectivity index (χ4n) is 3.05. The average molecular weight is 556 g/mol. The van der Waals surface area contributed by atoms with E-state index in [0.29, 0.717) is 4.90 Å². The van der Waals surface area contributed by atoms with Gasteiger partial charge in [0.2, 0.25) is 5.91 Å². The van der Waals surface area contributed by atoms with Crippen LogP contribution < -0.4 is 10.6 Å². The van der Waals surface area contributed by atoms with Gasteiger partial charge in [-0.05, 0) is 48.5 Å². The van der Waals surface area contributed by atoms with Crippen LogP contribution in [0.5, 0.6) is 0 Å². The lowest BCUT2D eigenvalue weighted by Crippen LogP contribution is -2.21. The third-order valence-electron chi connectivity index (χ3n) is 4.75. The van der Waals surface area contributed by atoms with Gasteiger partial charge < -0.3 is 15.4 Å². The number of halogens is 6. The van der Waals surface area contributed by atoms with E-state index < -0.39 is 47.9 Å². The first-order valence-electron chi connectivity index (χ1n) is 10.7. The van der Waals surface area contributed by atoms with Gasteiger partial charge in [0.25, 0.3) is 5.91 Å². The lowest BCUT2D eigenvalue weighted by molar-refractivity contribution is -0.138. The minimum Gasteiger partial charge on any atom is -0.452 e. The maximum Gasteiger partial charge on any atom is 0.416 e. The number of benzene rings is 3.